The van der Waals surface area contributed by atoms with Gasteiger partial charge in [-0.2, -0.15) is 0 Å². The van der Waals surface area contributed by atoms with Gasteiger partial charge >= 0.3 is 0 Å². The summed E-state index contributed by atoms with van der Waals surface area (Å²) in [6, 6.07) is 14.3. The Bertz CT molecular complexity index is 991. The number of ether oxygens (including phenoxy) is 1. The Hall–Kier alpha value is -3.08. The van der Waals surface area contributed by atoms with Crippen molar-refractivity contribution in [1.82, 2.24) is 4.90 Å². The summed E-state index contributed by atoms with van der Waals surface area (Å²) in [5, 5.41) is 11.2. The second-order valence-corrected chi connectivity index (χ2v) is 8.49. The van der Waals surface area contributed by atoms with Crippen LogP contribution >= 0.6 is 0 Å². The lowest BCUT2D eigenvalue weighted by atomic mass is 9.94. The van der Waals surface area contributed by atoms with E-state index in [0.717, 1.165) is 31.2 Å². The lowest BCUT2D eigenvalue weighted by Crippen LogP contribution is -2.30. The predicted molar refractivity (Wildman–Crippen MR) is 127 cm³/mol. The summed E-state index contributed by atoms with van der Waals surface area (Å²) in [7, 11) is 0. The Balaban J connectivity index is 2.09. The number of nitrogens with zero attached hydrogens (tertiary/aromatic N) is 1. The van der Waals surface area contributed by atoms with E-state index < -0.39 is 17.7 Å². The van der Waals surface area contributed by atoms with E-state index in [0.29, 0.717) is 17.9 Å². The van der Waals surface area contributed by atoms with Crippen LogP contribution in [0.5, 0.6) is 5.75 Å². The molecule has 32 heavy (non-hydrogen) atoms. The van der Waals surface area contributed by atoms with Crippen molar-refractivity contribution in [2.45, 2.75) is 65.5 Å². The zero-order chi connectivity index (χ0) is 23.3. The Morgan fingerprint density at radius 3 is 2.41 bits per heavy atom. The number of aliphatic hydroxyl groups is 1. The van der Waals surface area contributed by atoms with E-state index in [1.807, 2.05) is 38.1 Å². The van der Waals surface area contributed by atoms with Crippen LogP contribution in [0, 0.1) is 0 Å². The summed E-state index contributed by atoms with van der Waals surface area (Å²) in [5.74, 6) is -0.759. The highest BCUT2D eigenvalue weighted by molar-refractivity contribution is 6.46. The van der Waals surface area contributed by atoms with Gasteiger partial charge in [-0.05, 0) is 49.9 Å². The number of unbranched alkanes of at least 4 members (excludes halogenated alkanes) is 2. The Labute approximate surface area is 190 Å². The first-order valence-corrected chi connectivity index (χ1v) is 11.5. The fourth-order valence-electron chi connectivity index (χ4n) is 4.07. The minimum absolute atomic E-state index is 0.0198. The van der Waals surface area contributed by atoms with Crippen molar-refractivity contribution < 1.29 is 19.4 Å². The average molecular weight is 436 g/mol. The molecule has 1 aliphatic rings. The van der Waals surface area contributed by atoms with Crippen LogP contribution < -0.4 is 4.74 Å². The highest BCUT2D eigenvalue weighted by Gasteiger charge is 2.45. The third-order valence-corrected chi connectivity index (χ3v) is 5.73. The molecule has 2 aromatic rings. The number of hydrogen-bond donors (Lipinski definition) is 1. The monoisotopic (exact) mass is 435 g/mol. The van der Waals surface area contributed by atoms with Crippen molar-refractivity contribution in [3.05, 3.63) is 70.8 Å². The molecular formula is C27H33NO4. The molecule has 1 heterocycles. The Morgan fingerprint density at radius 2 is 1.78 bits per heavy atom. The maximum Gasteiger partial charge on any atom is 0.295 e. The first-order chi connectivity index (χ1) is 15.4. The van der Waals surface area contributed by atoms with Gasteiger partial charge in [-0.25, -0.2) is 0 Å². The van der Waals surface area contributed by atoms with Gasteiger partial charge in [0.1, 0.15) is 11.5 Å². The van der Waals surface area contributed by atoms with Crippen LogP contribution in [0.4, 0.5) is 0 Å². The Morgan fingerprint density at radius 1 is 1.06 bits per heavy atom. The molecule has 170 valence electrons. The molecule has 5 nitrogen and oxygen atoms in total. The fourth-order valence-corrected chi connectivity index (χ4v) is 4.07. The van der Waals surface area contributed by atoms with Crippen molar-refractivity contribution in [3.63, 3.8) is 0 Å². The van der Waals surface area contributed by atoms with Gasteiger partial charge < -0.3 is 14.7 Å². The van der Waals surface area contributed by atoms with Gasteiger partial charge in [-0.3, -0.25) is 9.59 Å². The first kappa shape index (κ1) is 23.6. The summed E-state index contributed by atoms with van der Waals surface area (Å²) in [6.07, 6.45) is 3.68. The molecule has 0 aromatic heterocycles. The van der Waals surface area contributed by atoms with Crippen LogP contribution in [-0.2, 0) is 16.0 Å². The number of ketones is 1. The van der Waals surface area contributed by atoms with Crippen molar-refractivity contribution in [2.24, 2.45) is 0 Å². The summed E-state index contributed by atoms with van der Waals surface area (Å²) < 4.78 is 5.74. The van der Waals surface area contributed by atoms with E-state index >= 15 is 0 Å². The molecule has 1 aliphatic heterocycles. The minimum Gasteiger partial charge on any atom is -0.507 e. The van der Waals surface area contributed by atoms with Gasteiger partial charge in [0.15, 0.2) is 0 Å². The molecule has 1 atom stereocenters. The molecule has 0 spiro atoms. The van der Waals surface area contributed by atoms with Crippen molar-refractivity contribution in [3.8, 4) is 5.75 Å². The molecular weight excluding hydrogens is 402 g/mol. The molecule has 1 N–H and O–H groups in total. The molecule has 1 unspecified atom stereocenters. The molecule has 1 saturated heterocycles. The quantitative estimate of drug-likeness (QED) is 0.239. The maximum atomic E-state index is 13.1. The zero-order valence-electron chi connectivity index (χ0n) is 19.4. The van der Waals surface area contributed by atoms with Gasteiger partial charge in [0.2, 0.25) is 0 Å². The SMILES string of the molecule is CCCCCN1C(=O)C(=O)/C(=C(\O)c2cccc(OC(C)C)c2)C1c1ccc(CC)cc1. The second kappa shape index (κ2) is 10.5. The van der Waals surface area contributed by atoms with E-state index in [-0.39, 0.29) is 17.4 Å². The third kappa shape index (κ3) is 5.04. The van der Waals surface area contributed by atoms with E-state index in [1.54, 1.807) is 29.2 Å². The highest BCUT2D eigenvalue weighted by Crippen LogP contribution is 2.40. The van der Waals surface area contributed by atoms with Gasteiger partial charge in [0, 0.05) is 12.1 Å². The van der Waals surface area contributed by atoms with Crippen molar-refractivity contribution in [2.75, 3.05) is 6.54 Å². The van der Waals surface area contributed by atoms with Gasteiger partial charge in [0.25, 0.3) is 11.7 Å². The average Bonchev–Trinajstić information content (AvgIpc) is 3.03. The number of aryl methyl sites for hydroxylation is 1. The van der Waals surface area contributed by atoms with Gasteiger partial charge in [-0.15, -0.1) is 0 Å². The Kier molecular flexibility index (Phi) is 7.73. The first-order valence-electron chi connectivity index (χ1n) is 11.5. The van der Waals surface area contributed by atoms with E-state index in [4.69, 9.17) is 4.74 Å². The fraction of sp³-hybridized carbons (Fsp3) is 0.407. The van der Waals surface area contributed by atoms with E-state index in [9.17, 15) is 14.7 Å². The largest absolute Gasteiger partial charge is 0.507 e. The molecule has 0 bridgehead atoms. The predicted octanol–water partition coefficient (Wildman–Crippen LogP) is 5.65. The highest BCUT2D eigenvalue weighted by atomic mass is 16.5. The number of rotatable bonds is 9. The van der Waals surface area contributed by atoms with Crippen LogP contribution in [0.25, 0.3) is 5.76 Å². The normalized spacial score (nSPS) is 17.9. The lowest BCUT2D eigenvalue weighted by Gasteiger charge is -2.25. The number of benzene rings is 2. The van der Waals surface area contributed by atoms with Crippen LogP contribution in [0.2, 0.25) is 0 Å². The topological polar surface area (TPSA) is 66.8 Å². The molecule has 0 aliphatic carbocycles. The summed E-state index contributed by atoms with van der Waals surface area (Å²) in [5.41, 5.74) is 2.60. The second-order valence-electron chi connectivity index (χ2n) is 8.49. The van der Waals surface area contributed by atoms with Crippen LogP contribution in [0.15, 0.2) is 54.1 Å². The molecule has 5 heteroatoms. The van der Waals surface area contributed by atoms with E-state index in [1.165, 1.54) is 5.56 Å². The minimum atomic E-state index is -0.640. The number of likely N-dealkylation sites (tertiary alicyclic amines) is 1. The third-order valence-electron chi connectivity index (χ3n) is 5.73. The van der Waals surface area contributed by atoms with Crippen molar-refractivity contribution in [1.29, 1.82) is 0 Å². The van der Waals surface area contributed by atoms with Crippen LogP contribution in [0.1, 0.15) is 69.7 Å². The number of hydrogen-bond acceptors (Lipinski definition) is 4. The molecule has 1 amide bonds. The van der Waals surface area contributed by atoms with Gasteiger partial charge in [-0.1, -0.05) is 63.1 Å². The summed E-state index contributed by atoms with van der Waals surface area (Å²) in [6.45, 7) is 8.51. The zero-order valence-corrected chi connectivity index (χ0v) is 19.4. The standard InChI is InChI=1S/C27H33NO4/c1-5-7-8-16-28-24(20-14-12-19(6-2)13-15-20)23(26(30)27(28)31)25(29)21-10-9-11-22(17-21)32-18(3)4/h9-15,17-18,24,29H,5-8,16H2,1-4H3/b25-23-. The maximum absolute atomic E-state index is 13.1. The number of Topliss-reactive ketones (excluding diaryl/α,β-unsaturated/α-hetero) is 1. The smallest absolute Gasteiger partial charge is 0.295 e. The molecule has 0 radical (unpaired) electrons. The molecule has 1 fully saturated rings. The van der Waals surface area contributed by atoms with Crippen LogP contribution in [-0.4, -0.2) is 34.3 Å². The van der Waals surface area contributed by atoms with E-state index in [2.05, 4.69) is 13.8 Å². The molecule has 0 saturated carbocycles. The summed E-state index contributed by atoms with van der Waals surface area (Å²) >= 11 is 0. The van der Waals surface area contributed by atoms with Crippen molar-refractivity contribution >= 4 is 17.4 Å². The number of carbonyl (C=O) groups is 2. The van der Waals surface area contributed by atoms with Gasteiger partial charge in [0.05, 0.1) is 17.7 Å². The lowest BCUT2D eigenvalue weighted by molar-refractivity contribution is -0.139. The summed E-state index contributed by atoms with van der Waals surface area (Å²) in [4.78, 5) is 27.7. The number of amides is 1. The van der Waals surface area contributed by atoms with Crippen LogP contribution in [0.3, 0.4) is 0 Å². The number of carbonyl (C=O) groups excluding carboxylic acids is 2. The number of aliphatic hydroxyl groups excluding tert-OH is 1. The molecule has 2 aromatic carbocycles. The molecule has 3 rings (SSSR count).